The first-order valence-corrected chi connectivity index (χ1v) is 11.9. The minimum atomic E-state index is 1.10. The average Bonchev–Trinajstić information content (AvgIpc) is 2.90. The molecule has 1 aliphatic carbocycles. The van der Waals surface area contributed by atoms with Gasteiger partial charge >= 0.3 is 0 Å². The SMILES string of the molecule is C1=c2cccc3c2=C(CC1)c1ccc2cc(N(c4ccccc4)c4ccccc4)ccc2c1N3. The van der Waals surface area contributed by atoms with Gasteiger partial charge in [-0.25, -0.2) is 0 Å². The van der Waals surface area contributed by atoms with Gasteiger partial charge in [0.15, 0.2) is 0 Å². The van der Waals surface area contributed by atoms with Crippen molar-refractivity contribution >= 4 is 50.9 Å². The van der Waals surface area contributed by atoms with E-state index >= 15 is 0 Å². The summed E-state index contributed by atoms with van der Waals surface area (Å²) in [4.78, 5) is 2.32. The van der Waals surface area contributed by atoms with E-state index in [4.69, 9.17) is 0 Å². The van der Waals surface area contributed by atoms with Gasteiger partial charge in [0.05, 0.1) is 5.69 Å². The summed E-state index contributed by atoms with van der Waals surface area (Å²) in [6.07, 6.45) is 4.56. The summed E-state index contributed by atoms with van der Waals surface area (Å²) >= 11 is 0. The topological polar surface area (TPSA) is 15.3 Å². The average molecular weight is 437 g/mol. The zero-order valence-corrected chi connectivity index (χ0v) is 18.8. The van der Waals surface area contributed by atoms with Crippen LogP contribution in [0.4, 0.5) is 28.4 Å². The van der Waals surface area contributed by atoms with Crippen molar-refractivity contribution in [3.63, 3.8) is 0 Å². The van der Waals surface area contributed by atoms with Crippen LogP contribution in [-0.4, -0.2) is 0 Å². The van der Waals surface area contributed by atoms with Crippen molar-refractivity contribution in [2.75, 3.05) is 10.2 Å². The van der Waals surface area contributed by atoms with Crippen LogP contribution in [0.1, 0.15) is 18.4 Å². The molecule has 5 aromatic rings. The summed E-state index contributed by atoms with van der Waals surface area (Å²) in [5.41, 5.74) is 8.74. The van der Waals surface area contributed by atoms with Gasteiger partial charge in [0.2, 0.25) is 0 Å². The van der Waals surface area contributed by atoms with Crippen LogP contribution in [0.5, 0.6) is 0 Å². The van der Waals surface area contributed by atoms with Gasteiger partial charge in [0.1, 0.15) is 0 Å². The van der Waals surface area contributed by atoms with Gasteiger partial charge in [0.25, 0.3) is 0 Å². The standard InChI is InChI=1S/C32H24N2/c1-3-11-24(12-4-1)34(25-13-5-2-6-14-25)26-18-20-27-23(21-26)17-19-29-28-15-7-9-22-10-8-16-30(31(22)28)33-32(27)29/h1-6,8-14,16-21,33H,7,15H2. The number of nitrogens with one attached hydrogen (secondary N) is 1. The second-order valence-corrected chi connectivity index (χ2v) is 9.02. The fraction of sp³-hybridized carbons (Fsp3) is 0.0625. The van der Waals surface area contributed by atoms with Crippen molar-refractivity contribution in [3.8, 4) is 0 Å². The summed E-state index contributed by atoms with van der Waals surface area (Å²) in [6, 6.07) is 39.2. The molecule has 1 aliphatic heterocycles. The number of fused-ring (bicyclic) bond motifs is 4. The van der Waals surface area contributed by atoms with Crippen LogP contribution in [-0.2, 0) is 0 Å². The van der Waals surface area contributed by atoms with Crippen LogP contribution in [0.15, 0.2) is 109 Å². The summed E-state index contributed by atoms with van der Waals surface area (Å²) in [6.45, 7) is 0. The number of hydrogen-bond donors (Lipinski definition) is 1. The molecule has 0 fully saturated rings. The molecule has 1 N–H and O–H groups in total. The minimum Gasteiger partial charge on any atom is -0.354 e. The lowest BCUT2D eigenvalue weighted by Crippen LogP contribution is -2.34. The van der Waals surface area contributed by atoms with Crippen molar-refractivity contribution in [1.82, 2.24) is 0 Å². The Hall–Kier alpha value is -4.30. The molecule has 162 valence electrons. The van der Waals surface area contributed by atoms with Crippen molar-refractivity contribution in [1.29, 1.82) is 0 Å². The number of hydrogen-bond acceptors (Lipinski definition) is 2. The van der Waals surface area contributed by atoms with Crippen molar-refractivity contribution < 1.29 is 0 Å². The molecule has 0 bridgehead atoms. The van der Waals surface area contributed by atoms with Crippen LogP contribution in [0, 0.1) is 0 Å². The normalized spacial score (nSPS) is 13.5. The molecular weight excluding hydrogens is 412 g/mol. The molecule has 0 atom stereocenters. The predicted molar refractivity (Wildman–Crippen MR) is 144 cm³/mol. The van der Waals surface area contributed by atoms with E-state index in [0.29, 0.717) is 0 Å². The quantitative estimate of drug-likeness (QED) is 0.323. The Balaban J connectivity index is 1.42. The molecule has 0 aromatic heterocycles. The van der Waals surface area contributed by atoms with E-state index in [-0.39, 0.29) is 0 Å². The highest BCUT2D eigenvalue weighted by molar-refractivity contribution is 6.04. The number of benzene rings is 5. The lowest BCUT2D eigenvalue weighted by Gasteiger charge is -2.27. The van der Waals surface area contributed by atoms with E-state index in [9.17, 15) is 0 Å². The molecule has 2 nitrogen and oxygen atoms in total. The number of rotatable bonds is 3. The highest BCUT2D eigenvalue weighted by atomic mass is 15.1. The van der Waals surface area contributed by atoms with Gasteiger partial charge in [0, 0.05) is 38.9 Å². The summed E-state index contributed by atoms with van der Waals surface area (Å²) in [7, 11) is 0. The summed E-state index contributed by atoms with van der Waals surface area (Å²) < 4.78 is 0. The summed E-state index contributed by atoms with van der Waals surface area (Å²) in [5, 5.41) is 9.02. The zero-order valence-electron chi connectivity index (χ0n) is 18.8. The van der Waals surface area contributed by atoms with Crippen LogP contribution >= 0.6 is 0 Å². The van der Waals surface area contributed by atoms with Gasteiger partial charge in [-0.2, -0.15) is 0 Å². The highest BCUT2D eigenvalue weighted by Gasteiger charge is 2.21. The Morgan fingerprint density at radius 2 is 1.41 bits per heavy atom. The Morgan fingerprint density at radius 1 is 0.647 bits per heavy atom. The van der Waals surface area contributed by atoms with E-state index in [1.165, 1.54) is 43.7 Å². The fourth-order valence-corrected chi connectivity index (χ4v) is 5.53. The Morgan fingerprint density at radius 3 is 2.18 bits per heavy atom. The largest absolute Gasteiger partial charge is 0.354 e. The first-order valence-electron chi connectivity index (χ1n) is 11.9. The van der Waals surface area contributed by atoms with Gasteiger partial charge < -0.3 is 10.2 Å². The second-order valence-electron chi connectivity index (χ2n) is 9.02. The van der Waals surface area contributed by atoms with Crippen molar-refractivity contribution in [3.05, 3.63) is 125 Å². The molecule has 7 rings (SSSR count). The smallest absolute Gasteiger partial charge is 0.0540 e. The first kappa shape index (κ1) is 19.2. The van der Waals surface area contributed by atoms with E-state index in [1.807, 2.05) is 0 Å². The second kappa shape index (κ2) is 7.64. The highest BCUT2D eigenvalue weighted by Crippen LogP contribution is 2.41. The maximum atomic E-state index is 3.78. The maximum absolute atomic E-state index is 3.78. The minimum absolute atomic E-state index is 1.10. The molecule has 0 spiro atoms. The molecule has 2 aliphatic rings. The lowest BCUT2D eigenvalue weighted by molar-refractivity contribution is 1.07. The van der Waals surface area contributed by atoms with Crippen molar-refractivity contribution in [2.24, 2.45) is 0 Å². The Kier molecular flexibility index (Phi) is 4.31. The molecule has 34 heavy (non-hydrogen) atoms. The molecule has 0 amide bonds. The number of anilines is 5. The van der Waals surface area contributed by atoms with E-state index in [1.54, 1.807) is 0 Å². The van der Waals surface area contributed by atoms with E-state index in [0.717, 1.165) is 29.9 Å². The van der Waals surface area contributed by atoms with Gasteiger partial charge in [-0.1, -0.05) is 72.8 Å². The van der Waals surface area contributed by atoms with Crippen LogP contribution < -0.4 is 20.7 Å². The first-order chi connectivity index (χ1) is 16.9. The lowest BCUT2D eigenvalue weighted by atomic mass is 9.87. The van der Waals surface area contributed by atoms with E-state index < -0.39 is 0 Å². The molecule has 0 radical (unpaired) electrons. The van der Waals surface area contributed by atoms with Crippen LogP contribution in [0.3, 0.4) is 0 Å². The molecule has 1 heterocycles. The third-order valence-electron chi connectivity index (χ3n) is 7.03. The zero-order chi connectivity index (χ0) is 22.5. The van der Waals surface area contributed by atoms with Gasteiger partial charge in [-0.15, -0.1) is 0 Å². The molecule has 0 saturated heterocycles. The predicted octanol–water partition coefficient (Wildman–Crippen LogP) is 7.14. The Labute approximate surface area is 199 Å². The number of para-hydroxylation sites is 2. The van der Waals surface area contributed by atoms with Gasteiger partial charge in [-0.05, 0) is 71.5 Å². The molecule has 5 aromatic carbocycles. The molecular formula is C32H24N2. The van der Waals surface area contributed by atoms with Crippen LogP contribution in [0.25, 0.3) is 22.4 Å². The molecule has 0 unspecified atom stereocenters. The number of nitrogens with zero attached hydrogens (tertiary/aromatic N) is 1. The summed E-state index contributed by atoms with van der Waals surface area (Å²) in [5.74, 6) is 0. The monoisotopic (exact) mass is 436 g/mol. The molecule has 0 saturated carbocycles. The van der Waals surface area contributed by atoms with Crippen LogP contribution in [0.2, 0.25) is 0 Å². The van der Waals surface area contributed by atoms with E-state index in [2.05, 4.69) is 125 Å². The maximum Gasteiger partial charge on any atom is 0.0540 e. The fourth-order valence-electron chi connectivity index (χ4n) is 5.53. The van der Waals surface area contributed by atoms with Crippen molar-refractivity contribution in [2.45, 2.75) is 12.8 Å². The molecule has 2 heteroatoms. The third kappa shape index (κ3) is 2.96. The Bertz CT molecular complexity index is 1630. The third-order valence-corrected chi connectivity index (χ3v) is 7.03. The van der Waals surface area contributed by atoms with Gasteiger partial charge in [-0.3, -0.25) is 0 Å².